The van der Waals surface area contributed by atoms with Crippen LogP contribution in [0.25, 0.3) is 0 Å². The summed E-state index contributed by atoms with van der Waals surface area (Å²) in [4.78, 5) is 5.90. The van der Waals surface area contributed by atoms with E-state index in [9.17, 15) is 0 Å². The van der Waals surface area contributed by atoms with E-state index in [0.717, 1.165) is 18.7 Å². The van der Waals surface area contributed by atoms with Crippen molar-refractivity contribution in [2.24, 2.45) is 0 Å². The first kappa shape index (κ1) is 13.2. The molecule has 0 aliphatic heterocycles. The van der Waals surface area contributed by atoms with Crippen LogP contribution in [-0.2, 0) is 0 Å². The highest BCUT2D eigenvalue weighted by Crippen LogP contribution is 2.27. The number of aryl methyl sites for hydroxylation is 2. The minimum atomic E-state index is 0.219. The molecular weight excluding hydrogens is 240 g/mol. The minimum absolute atomic E-state index is 0.219. The molecule has 0 amide bonds. The van der Waals surface area contributed by atoms with Gasteiger partial charge in [-0.25, -0.2) is 0 Å². The zero-order chi connectivity index (χ0) is 13.0. The molecule has 1 atom stereocenters. The van der Waals surface area contributed by atoms with Crippen LogP contribution in [0.5, 0.6) is 0 Å². The zero-order valence-corrected chi connectivity index (χ0v) is 12.1. The molecule has 1 N–H and O–H groups in total. The fourth-order valence-electron chi connectivity index (χ4n) is 2.07. The van der Waals surface area contributed by atoms with Crippen molar-refractivity contribution in [3.05, 3.63) is 51.5 Å². The predicted octanol–water partition coefficient (Wildman–Crippen LogP) is 3.85. The molecule has 3 heteroatoms. The van der Waals surface area contributed by atoms with Gasteiger partial charge in [0, 0.05) is 11.1 Å². The van der Waals surface area contributed by atoms with Crippen molar-refractivity contribution in [2.45, 2.75) is 33.2 Å². The maximum absolute atomic E-state index is 4.53. The lowest BCUT2D eigenvalue weighted by molar-refractivity contribution is 0.585. The minimum Gasteiger partial charge on any atom is -0.305 e. The van der Waals surface area contributed by atoms with Gasteiger partial charge in [0.2, 0.25) is 0 Å². The molecule has 2 aromatic rings. The molecule has 0 spiro atoms. The van der Waals surface area contributed by atoms with Crippen molar-refractivity contribution in [3.63, 3.8) is 0 Å². The highest BCUT2D eigenvalue weighted by atomic mass is 32.1. The van der Waals surface area contributed by atoms with Crippen molar-refractivity contribution < 1.29 is 0 Å². The Labute approximate surface area is 113 Å². The number of hydrogen-bond donors (Lipinski definition) is 1. The summed E-state index contributed by atoms with van der Waals surface area (Å²) in [5.74, 6) is 0. The van der Waals surface area contributed by atoms with E-state index >= 15 is 0 Å². The van der Waals surface area contributed by atoms with Crippen LogP contribution >= 0.6 is 11.3 Å². The first-order valence-corrected chi connectivity index (χ1v) is 7.30. The van der Waals surface area contributed by atoms with Gasteiger partial charge in [0.15, 0.2) is 0 Å². The monoisotopic (exact) mass is 260 g/mol. The van der Waals surface area contributed by atoms with Gasteiger partial charge < -0.3 is 5.32 Å². The van der Waals surface area contributed by atoms with Crippen LogP contribution in [0.2, 0.25) is 0 Å². The van der Waals surface area contributed by atoms with Crippen molar-refractivity contribution in [2.75, 3.05) is 6.54 Å². The molecule has 0 aliphatic rings. The van der Waals surface area contributed by atoms with E-state index in [0.29, 0.717) is 0 Å². The molecule has 0 saturated heterocycles. The third-order valence-electron chi connectivity index (χ3n) is 3.04. The van der Waals surface area contributed by atoms with E-state index in [2.05, 4.69) is 48.6 Å². The summed E-state index contributed by atoms with van der Waals surface area (Å²) in [6.07, 6.45) is 3.03. The first-order chi connectivity index (χ1) is 8.72. The number of rotatable bonds is 5. The predicted molar refractivity (Wildman–Crippen MR) is 78.2 cm³/mol. The molecule has 0 aromatic carbocycles. The van der Waals surface area contributed by atoms with Crippen LogP contribution in [0.3, 0.4) is 0 Å². The third kappa shape index (κ3) is 2.98. The Bertz CT molecular complexity index is 505. The van der Waals surface area contributed by atoms with Gasteiger partial charge in [0.25, 0.3) is 0 Å². The molecular formula is C15H20N2S. The van der Waals surface area contributed by atoms with Crippen LogP contribution in [0, 0.1) is 13.8 Å². The second-order valence-corrected chi connectivity index (χ2v) is 5.70. The molecule has 2 nitrogen and oxygen atoms in total. The highest BCUT2D eigenvalue weighted by molar-refractivity contribution is 7.10. The lowest BCUT2D eigenvalue weighted by Crippen LogP contribution is -2.24. The topological polar surface area (TPSA) is 24.9 Å². The number of nitrogens with zero attached hydrogens (tertiary/aromatic N) is 1. The van der Waals surface area contributed by atoms with Crippen LogP contribution in [0.1, 0.15) is 41.1 Å². The van der Waals surface area contributed by atoms with Crippen LogP contribution in [0.4, 0.5) is 0 Å². The summed E-state index contributed by atoms with van der Waals surface area (Å²) < 4.78 is 0. The molecule has 0 saturated carbocycles. The normalized spacial score (nSPS) is 12.6. The van der Waals surface area contributed by atoms with Crippen LogP contribution in [-0.4, -0.2) is 11.5 Å². The van der Waals surface area contributed by atoms with Crippen molar-refractivity contribution in [3.8, 4) is 0 Å². The molecule has 96 valence electrons. The smallest absolute Gasteiger partial charge is 0.0762 e. The van der Waals surface area contributed by atoms with Gasteiger partial charge in [-0.15, -0.1) is 11.3 Å². The Morgan fingerprint density at radius 3 is 2.78 bits per heavy atom. The summed E-state index contributed by atoms with van der Waals surface area (Å²) in [7, 11) is 0. The summed E-state index contributed by atoms with van der Waals surface area (Å²) >= 11 is 1.80. The number of pyridine rings is 1. The number of nitrogens with one attached hydrogen (secondary N) is 1. The molecule has 0 bridgehead atoms. The highest BCUT2D eigenvalue weighted by Gasteiger charge is 2.17. The summed E-state index contributed by atoms with van der Waals surface area (Å²) in [6.45, 7) is 7.49. The van der Waals surface area contributed by atoms with Gasteiger partial charge in [-0.05, 0) is 61.5 Å². The Morgan fingerprint density at radius 2 is 2.17 bits per heavy atom. The second-order valence-electron chi connectivity index (χ2n) is 4.58. The number of aromatic nitrogens is 1. The molecule has 2 rings (SSSR count). The average Bonchev–Trinajstić information content (AvgIpc) is 2.77. The van der Waals surface area contributed by atoms with E-state index in [-0.39, 0.29) is 6.04 Å². The lowest BCUT2D eigenvalue weighted by atomic mass is 10.0. The number of thiophene rings is 1. The van der Waals surface area contributed by atoms with Crippen molar-refractivity contribution >= 4 is 11.3 Å². The summed E-state index contributed by atoms with van der Waals surface area (Å²) in [5.41, 5.74) is 3.73. The van der Waals surface area contributed by atoms with Crippen LogP contribution < -0.4 is 5.32 Å². The van der Waals surface area contributed by atoms with E-state index < -0.39 is 0 Å². The number of hydrogen-bond acceptors (Lipinski definition) is 3. The molecule has 0 radical (unpaired) electrons. The quantitative estimate of drug-likeness (QED) is 0.883. The lowest BCUT2D eigenvalue weighted by Gasteiger charge is -2.18. The van der Waals surface area contributed by atoms with E-state index in [1.807, 2.05) is 12.3 Å². The van der Waals surface area contributed by atoms with E-state index in [1.54, 1.807) is 11.3 Å². The Hall–Kier alpha value is -1.19. The first-order valence-electron chi connectivity index (χ1n) is 6.42. The largest absolute Gasteiger partial charge is 0.305 e. The molecule has 0 fully saturated rings. The third-order valence-corrected chi connectivity index (χ3v) is 3.90. The standard InChI is InChI=1S/C15H20N2S/c1-4-7-17-15(13-6-9-18-12(13)3)14-10-11(2)5-8-16-14/h5-6,8-10,15,17H,4,7H2,1-3H3. The van der Waals surface area contributed by atoms with E-state index in [4.69, 9.17) is 0 Å². The zero-order valence-electron chi connectivity index (χ0n) is 11.2. The van der Waals surface area contributed by atoms with Gasteiger partial charge in [-0.2, -0.15) is 0 Å². The van der Waals surface area contributed by atoms with Crippen molar-refractivity contribution in [1.82, 2.24) is 10.3 Å². The van der Waals surface area contributed by atoms with Crippen LogP contribution in [0.15, 0.2) is 29.8 Å². The summed E-state index contributed by atoms with van der Waals surface area (Å²) in [6, 6.07) is 6.64. The van der Waals surface area contributed by atoms with Gasteiger partial charge in [-0.3, -0.25) is 4.98 Å². The molecule has 18 heavy (non-hydrogen) atoms. The maximum atomic E-state index is 4.53. The molecule has 0 aliphatic carbocycles. The fraction of sp³-hybridized carbons (Fsp3) is 0.400. The van der Waals surface area contributed by atoms with E-state index in [1.165, 1.54) is 16.0 Å². The molecule has 2 aromatic heterocycles. The average molecular weight is 260 g/mol. The molecule has 1 unspecified atom stereocenters. The van der Waals surface area contributed by atoms with Gasteiger partial charge in [0.05, 0.1) is 11.7 Å². The van der Waals surface area contributed by atoms with Gasteiger partial charge >= 0.3 is 0 Å². The second kappa shape index (κ2) is 6.12. The van der Waals surface area contributed by atoms with Crippen molar-refractivity contribution in [1.29, 1.82) is 0 Å². The van der Waals surface area contributed by atoms with Gasteiger partial charge in [-0.1, -0.05) is 6.92 Å². The Balaban J connectivity index is 2.33. The Kier molecular flexibility index (Phi) is 4.50. The SMILES string of the molecule is CCCNC(c1cc(C)ccn1)c1ccsc1C. The fourth-order valence-corrected chi connectivity index (χ4v) is 2.81. The maximum Gasteiger partial charge on any atom is 0.0762 e. The Morgan fingerprint density at radius 1 is 1.33 bits per heavy atom. The molecule has 2 heterocycles. The van der Waals surface area contributed by atoms with Gasteiger partial charge in [0.1, 0.15) is 0 Å². The summed E-state index contributed by atoms with van der Waals surface area (Å²) in [5, 5.41) is 5.75.